The standard InChI is InChI=1S/C15H30O/c1-2-3-4-5-6-7-8-9-10-11-14-16-15-12-13-15/h15H,2-14H2,1H3. The van der Waals surface area contributed by atoms with Gasteiger partial charge in [0.05, 0.1) is 6.10 Å². The van der Waals surface area contributed by atoms with Crippen LogP contribution in [-0.2, 0) is 4.74 Å². The van der Waals surface area contributed by atoms with Crippen molar-refractivity contribution in [3.05, 3.63) is 0 Å². The highest BCUT2D eigenvalue weighted by atomic mass is 16.5. The molecule has 1 nitrogen and oxygen atoms in total. The second-order valence-electron chi connectivity index (χ2n) is 5.25. The summed E-state index contributed by atoms with van der Waals surface area (Å²) in [5.41, 5.74) is 0. The number of hydrogen-bond acceptors (Lipinski definition) is 1. The van der Waals surface area contributed by atoms with E-state index in [2.05, 4.69) is 6.92 Å². The van der Waals surface area contributed by atoms with Crippen molar-refractivity contribution in [3.8, 4) is 0 Å². The third kappa shape index (κ3) is 9.21. The molecule has 0 bridgehead atoms. The van der Waals surface area contributed by atoms with Crippen molar-refractivity contribution in [1.29, 1.82) is 0 Å². The molecule has 0 aromatic carbocycles. The molecule has 96 valence electrons. The molecule has 0 N–H and O–H groups in total. The lowest BCUT2D eigenvalue weighted by Gasteiger charge is -2.03. The molecule has 1 fully saturated rings. The van der Waals surface area contributed by atoms with E-state index in [0.29, 0.717) is 6.10 Å². The van der Waals surface area contributed by atoms with Gasteiger partial charge in [0.25, 0.3) is 0 Å². The Morgan fingerprint density at radius 1 is 0.750 bits per heavy atom. The zero-order valence-corrected chi connectivity index (χ0v) is 11.2. The monoisotopic (exact) mass is 226 g/mol. The van der Waals surface area contributed by atoms with Gasteiger partial charge in [-0.3, -0.25) is 0 Å². The van der Waals surface area contributed by atoms with Gasteiger partial charge < -0.3 is 4.74 Å². The third-order valence-electron chi connectivity index (χ3n) is 3.38. The van der Waals surface area contributed by atoms with Crippen LogP contribution >= 0.6 is 0 Å². The lowest BCUT2D eigenvalue weighted by atomic mass is 10.1. The van der Waals surface area contributed by atoms with Crippen molar-refractivity contribution < 1.29 is 4.74 Å². The van der Waals surface area contributed by atoms with E-state index in [4.69, 9.17) is 4.74 Å². The second-order valence-corrected chi connectivity index (χ2v) is 5.25. The normalized spacial score (nSPS) is 15.6. The van der Waals surface area contributed by atoms with Crippen LogP contribution < -0.4 is 0 Å². The molecule has 1 aliphatic rings. The molecule has 0 aromatic heterocycles. The molecule has 0 aliphatic heterocycles. The van der Waals surface area contributed by atoms with Gasteiger partial charge in [-0.15, -0.1) is 0 Å². The summed E-state index contributed by atoms with van der Waals surface area (Å²) in [4.78, 5) is 0. The molecular weight excluding hydrogens is 196 g/mol. The van der Waals surface area contributed by atoms with Gasteiger partial charge >= 0.3 is 0 Å². The first-order valence-corrected chi connectivity index (χ1v) is 7.55. The van der Waals surface area contributed by atoms with E-state index < -0.39 is 0 Å². The summed E-state index contributed by atoms with van der Waals surface area (Å²) in [7, 11) is 0. The zero-order chi connectivity index (χ0) is 11.5. The first-order valence-electron chi connectivity index (χ1n) is 7.55. The van der Waals surface area contributed by atoms with Gasteiger partial charge in [-0.1, -0.05) is 64.7 Å². The minimum absolute atomic E-state index is 0.651. The Bertz CT molecular complexity index is 140. The Hall–Kier alpha value is -0.0400. The fourth-order valence-corrected chi connectivity index (χ4v) is 2.07. The third-order valence-corrected chi connectivity index (χ3v) is 3.38. The number of unbranched alkanes of at least 4 members (excludes halogenated alkanes) is 9. The largest absolute Gasteiger partial charge is 0.378 e. The molecule has 0 radical (unpaired) electrons. The second kappa shape index (κ2) is 10.1. The van der Waals surface area contributed by atoms with Crippen LogP contribution in [0, 0.1) is 0 Å². The Morgan fingerprint density at radius 2 is 1.25 bits per heavy atom. The summed E-state index contributed by atoms with van der Waals surface area (Å²) >= 11 is 0. The van der Waals surface area contributed by atoms with Crippen LogP contribution in [0.4, 0.5) is 0 Å². The molecular formula is C15H30O. The molecule has 16 heavy (non-hydrogen) atoms. The van der Waals surface area contributed by atoms with Crippen LogP contribution in [0.3, 0.4) is 0 Å². The molecule has 0 amide bonds. The van der Waals surface area contributed by atoms with Gasteiger partial charge in [0.2, 0.25) is 0 Å². The van der Waals surface area contributed by atoms with Crippen LogP contribution in [0.1, 0.15) is 84.0 Å². The van der Waals surface area contributed by atoms with Crippen LogP contribution in [-0.4, -0.2) is 12.7 Å². The van der Waals surface area contributed by atoms with Crippen molar-refractivity contribution in [3.63, 3.8) is 0 Å². The predicted molar refractivity (Wildman–Crippen MR) is 70.8 cm³/mol. The predicted octanol–water partition coefficient (Wildman–Crippen LogP) is 5.09. The maximum Gasteiger partial charge on any atom is 0.0577 e. The summed E-state index contributed by atoms with van der Waals surface area (Å²) in [6.07, 6.45) is 17.4. The van der Waals surface area contributed by atoms with Gasteiger partial charge in [-0.2, -0.15) is 0 Å². The fraction of sp³-hybridized carbons (Fsp3) is 1.00. The van der Waals surface area contributed by atoms with Gasteiger partial charge in [-0.25, -0.2) is 0 Å². The molecule has 1 saturated carbocycles. The van der Waals surface area contributed by atoms with E-state index in [-0.39, 0.29) is 0 Å². The van der Waals surface area contributed by atoms with E-state index >= 15 is 0 Å². The highest BCUT2D eigenvalue weighted by Gasteiger charge is 2.21. The maximum absolute atomic E-state index is 5.62. The average molecular weight is 226 g/mol. The summed E-state index contributed by atoms with van der Waals surface area (Å²) in [6.45, 7) is 3.30. The van der Waals surface area contributed by atoms with E-state index in [1.807, 2.05) is 0 Å². The lowest BCUT2D eigenvalue weighted by molar-refractivity contribution is 0.115. The minimum atomic E-state index is 0.651. The molecule has 0 spiro atoms. The SMILES string of the molecule is CCCCCCCCCCCCOC1CC1. The molecule has 0 atom stereocenters. The molecule has 0 unspecified atom stereocenters. The van der Waals surface area contributed by atoms with Crippen molar-refractivity contribution in [2.75, 3.05) is 6.61 Å². The molecule has 0 aromatic rings. The van der Waals surface area contributed by atoms with Crippen molar-refractivity contribution in [1.82, 2.24) is 0 Å². The minimum Gasteiger partial charge on any atom is -0.378 e. The Labute approximate surface area is 102 Å². The van der Waals surface area contributed by atoms with Crippen molar-refractivity contribution in [2.24, 2.45) is 0 Å². The van der Waals surface area contributed by atoms with E-state index in [1.54, 1.807) is 0 Å². The number of ether oxygens (including phenoxy) is 1. The van der Waals surface area contributed by atoms with Crippen LogP contribution in [0.5, 0.6) is 0 Å². The molecule has 1 rings (SSSR count). The van der Waals surface area contributed by atoms with E-state index in [0.717, 1.165) is 6.61 Å². The summed E-state index contributed by atoms with van der Waals surface area (Å²) in [6, 6.07) is 0. The number of hydrogen-bond donors (Lipinski definition) is 0. The molecule has 0 heterocycles. The maximum atomic E-state index is 5.62. The van der Waals surface area contributed by atoms with Gasteiger partial charge in [0.15, 0.2) is 0 Å². The van der Waals surface area contributed by atoms with Crippen molar-refractivity contribution in [2.45, 2.75) is 90.1 Å². The van der Waals surface area contributed by atoms with Crippen LogP contribution in [0.2, 0.25) is 0 Å². The van der Waals surface area contributed by atoms with E-state index in [1.165, 1.54) is 77.0 Å². The molecule has 1 aliphatic carbocycles. The quantitative estimate of drug-likeness (QED) is 0.421. The topological polar surface area (TPSA) is 9.23 Å². The Morgan fingerprint density at radius 3 is 1.75 bits per heavy atom. The fourth-order valence-electron chi connectivity index (χ4n) is 2.07. The highest BCUT2D eigenvalue weighted by molar-refractivity contribution is 4.72. The highest BCUT2D eigenvalue weighted by Crippen LogP contribution is 2.23. The lowest BCUT2D eigenvalue weighted by Crippen LogP contribution is -1.95. The van der Waals surface area contributed by atoms with E-state index in [9.17, 15) is 0 Å². The van der Waals surface area contributed by atoms with Gasteiger partial charge in [0, 0.05) is 6.61 Å². The molecule has 1 heteroatoms. The Balaban J connectivity index is 1.61. The Kier molecular flexibility index (Phi) is 8.88. The van der Waals surface area contributed by atoms with Crippen LogP contribution in [0.25, 0.3) is 0 Å². The van der Waals surface area contributed by atoms with Gasteiger partial charge in [0.1, 0.15) is 0 Å². The summed E-state index contributed by atoms with van der Waals surface area (Å²) < 4.78 is 5.62. The smallest absolute Gasteiger partial charge is 0.0577 e. The first-order chi connectivity index (χ1) is 7.93. The summed E-state index contributed by atoms with van der Waals surface area (Å²) in [5.74, 6) is 0. The number of rotatable bonds is 12. The summed E-state index contributed by atoms with van der Waals surface area (Å²) in [5, 5.41) is 0. The zero-order valence-electron chi connectivity index (χ0n) is 11.2. The van der Waals surface area contributed by atoms with Gasteiger partial charge in [-0.05, 0) is 19.3 Å². The first kappa shape index (κ1) is 14.0. The molecule has 0 saturated heterocycles. The average Bonchev–Trinajstić information content (AvgIpc) is 3.10. The van der Waals surface area contributed by atoms with Crippen LogP contribution in [0.15, 0.2) is 0 Å². The van der Waals surface area contributed by atoms with Crippen molar-refractivity contribution >= 4 is 0 Å².